The Labute approximate surface area is 154 Å². The molecule has 0 amide bonds. The van der Waals surface area contributed by atoms with E-state index in [1.54, 1.807) is 0 Å². The van der Waals surface area contributed by atoms with Crippen molar-refractivity contribution in [2.75, 3.05) is 0 Å². The molecule has 2 atom stereocenters. The minimum Gasteiger partial charge on any atom is -0.388 e. The van der Waals surface area contributed by atoms with Crippen LogP contribution in [0.5, 0.6) is 0 Å². The number of aliphatic hydroxyl groups excluding tert-OH is 2. The smallest absolute Gasteiger partial charge is 0.0790 e. The maximum atomic E-state index is 10.2. The van der Waals surface area contributed by atoms with Gasteiger partial charge in [-0.3, -0.25) is 0 Å². The van der Waals surface area contributed by atoms with Crippen molar-refractivity contribution < 1.29 is 10.2 Å². The molecule has 0 heterocycles. The Morgan fingerprint density at radius 3 is 1.30 bits per heavy atom. The Morgan fingerprint density at radius 2 is 0.957 bits per heavy atom. The lowest BCUT2D eigenvalue weighted by Crippen LogP contribution is -1.99. The summed E-state index contributed by atoms with van der Waals surface area (Å²) in [5.41, 5.74) is 1.92. The van der Waals surface area contributed by atoms with Gasteiger partial charge in [0, 0.05) is 8.95 Å². The molecule has 0 radical (unpaired) electrons. The van der Waals surface area contributed by atoms with E-state index >= 15 is 0 Å². The molecule has 0 aliphatic rings. The molecule has 2 unspecified atom stereocenters. The van der Waals surface area contributed by atoms with Crippen molar-refractivity contribution in [3.05, 3.63) is 68.6 Å². The molecule has 2 nitrogen and oxygen atoms in total. The molecular formula is C19H22Br2O2. The summed E-state index contributed by atoms with van der Waals surface area (Å²) in [4.78, 5) is 0. The highest BCUT2D eigenvalue weighted by Crippen LogP contribution is 2.24. The van der Waals surface area contributed by atoms with E-state index in [0.717, 1.165) is 52.2 Å². The van der Waals surface area contributed by atoms with Crippen molar-refractivity contribution in [1.29, 1.82) is 0 Å². The lowest BCUT2D eigenvalue weighted by Gasteiger charge is -2.13. The number of unbranched alkanes of at least 4 members (excludes halogenated alkanes) is 2. The molecule has 0 aromatic heterocycles. The van der Waals surface area contributed by atoms with Gasteiger partial charge in [-0.15, -0.1) is 0 Å². The first-order valence-corrected chi connectivity index (χ1v) is 9.52. The standard InChI is InChI=1S/C19H22Br2O2/c20-16-10-6-14(7-11-16)18(22)4-2-1-3-5-19(23)15-8-12-17(21)13-9-15/h6-13,18-19,22-23H,1-5H2. The molecule has 0 saturated heterocycles. The van der Waals surface area contributed by atoms with E-state index in [1.165, 1.54) is 0 Å². The lowest BCUT2D eigenvalue weighted by molar-refractivity contribution is 0.154. The predicted octanol–water partition coefficient (Wildman–Crippen LogP) is 5.93. The molecular weight excluding hydrogens is 420 g/mol. The fourth-order valence-electron chi connectivity index (χ4n) is 2.56. The van der Waals surface area contributed by atoms with Gasteiger partial charge < -0.3 is 10.2 Å². The minimum atomic E-state index is -0.403. The molecule has 4 heteroatoms. The first kappa shape index (κ1) is 18.7. The Kier molecular flexibility index (Phi) is 7.77. The van der Waals surface area contributed by atoms with Gasteiger partial charge >= 0.3 is 0 Å². The molecule has 0 spiro atoms. The summed E-state index contributed by atoms with van der Waals surface area (Å²) in [6.45, 7) is 0. The summed E-state index contributed by atoms with van der Waals surface area (Å²) in [7, 11) is 0. The second kappa shape index (κ2) is 9.58. The molecule has 23 heavy (non-hydrogen) atoms. The quantitative estimate of drug-likeness (QED) is 0.498. The Hall–Kier alpha value is -0.680. The highest BCUT2D eigenvalue weighted by molar-refractivity contribution is 9.10. The maximum absolute atomic E-state index is 10.2. The van der Waals surface area contributed by atoms with Crippen molar-refractivity contribution in [1.82, 2.24) is 0 Å². The average molecular weight is 442 g/mol. The van der Waals surface area contributed by atoms with Crippen LogP contribution in [0.4, 0.5) is 0 Å². The van der Waals surface area contributed by atoms with E-state index in [0.29, 0.717) is 0 Å². The molecule has 0 bridgehead atoms. The monoisotopic (exact) mass is 440 g/mol. The zero-order chi connectivity index (χ0) is 16.7. The number of hydrogen-bond acceptors (Lipinski definition) is 2. The topological polar surface area (TPSA) is 40.5 Å². The summed E-state index contributed by atoms with van der Waals surface area (Å²) in [5, 5.41) is 20.3. The zero-order valence-corrected chi connectivity index (χ0v) is 16.1. The molecule has 0 aliphatic heterocycles. The van der Waals surface area contributed by atoms with Crippen LogP contribution in [0.2, 0.25) is 0 Å². The van der Waals surface area contributed by atoms with Gasteiger partial charge in [-0.25, -0.2) is 0 Å². The Bertz CT molecular complexity index is 528. The second-order valence-electron chi connectivity index (χ2n) is 5.77. The first-order valence-electron chi connectivity index (χ1n) is 7.93. The summed E-state index contributed by atoms with van der Waals surface area (Å²) in [6.07, 6.45) is 3.65. The summed E-state index contributed by atoms with van der Waals surface area (Å²) in [6, 6.07) is 15.6. The van der Waals surface area contributed by atoms with Gasteiger partial charge in [-0.2, -0.15) is 0 Å². The third-order valence-electron chi connectivity index (χ3n) is 3.96. The summed E-state index contributed by atoms with van der Waals surface area (Å²) in [5.74, 6) is 0. The zero-order valence-electron chi connectivity index (χ0n) is 13.0. The summed E-state index contributed by atoms with van der Waals surface area (Å²) < 4.78 is 2.05. The first-order chi connectivity index (χ1) is 11.1. The van der Waals surface area contributed by atoms with Gasteiger partial charge in [0.2, 0.25) is 0 Å². The van der Waals surface area contributed by atoms with Crippen molar-refractivity contribution in [2.24, 2.45) is 0 Å². The average Bonchev–Trinajstić information content (AvgIpc) is 2.55. The van der Waals surface area contributed by atoms with Gasteiger partial charge in [0.05, 0.1) is 12.2 Å². The van der Waals surface area contributed by atoms with E-state index in [1.807, 2.05) is 48.5 Å². The number of aliphatic hydroxyl groups is 2. The SMILES string of the molecule is OC(CCCCCC(O)c1ccc(Br)cc1)c1ccc(Br)cc1. The van der Waals surface area contributed by atoms with Gasteiger partial charge in [0.15, 0.2) is 0 Å². The van der Waals surface area contributed by atoms with Crippen LogP contribution in [0, 0.1) is 0 Å². The lowest BCUT2D eigenvalue weighted by atomic mass is 10.00. The third-order valence-corrected chi connectivity index (χ3v) is 5.02. The van der Waals surface area contributed by atoms with Crippen LogP contribution in [0.1, 0.15) is 55.4 Å². The molecule has 2 rings (SSSR count). The van der Waals surface area contributed by atoms with Crippen LogP contribution in [0.15, 0.2) is 57.5 Å². The Morgan fingerprint density at radius 1 is 0.609 bits per heavy atom. The third kappa shape index (κ3) is 6.38. The van der Waals surface area contributed by atoms with Crippen molar-refractivity contribution in [3.63, 3.8) is 0 Å². The fourth-order valence-corrected chi connectivity index (χ4v) is 3.08. The van der Waals surface area contributed by atoms with Crippen LogP contribution in [0.3, 0.4) is 0 Å². The van der Waals surface area contributed by atoms with Gasteiger partial charge in [-0.05, 0) is 48.2 Å². The molecule has 2 aromatic carbocycles. The maximum Gasteiger partial charge on any atom is 0.0790 e. The van der Waals surface area contributed by atoms with E-state index in [-0.39, 0.29) is 0 Å². The molecule has 0 saturated carbocycles. The van der Waals surface area contributed by atoms with Crippen LogP contribution in [-0.4, -0.2) is 10.2 Å². The second-order valence-corrected chi connectivity index (χ2v) is 7.60. The molecule has 2 N–H and O–H groups in total. The van der Waals surface area contributed by atoms with Crippen molar-refractivity contribution >= 4 is 31.9 Å². The fraction of sp³-hybridized carbons (Fsp3) is 0.368. The highest BCUT2D eigenvalue weighted by atomic mass is 79.9. The molecule has 2 aromatic rings. The highest BCUT2D eigenvalue weighted by Gasteiger charge is 2.09. The largest absolute Gasteiger partial charge is 0.388 e. The van der Waals surface area contributed by atoms with Crippen molar-refractivity contribution in [2.45, 2.75) is 44.3 Å². The van der Waals surface area contributed by atoms with E-state index in [2.05, 4.69) is 31.9 Å². The van der Waals surface area contributed by atoms with E-state index in [9.17, 15) is 10.2 Å². The molecule has 124 valence electrons. The van der Waals surface area contributed by atoms with Gasteiger partial charge in [0.1, 0.15) is 0 Å². The van der Waals surface area contributed by atoms with Crippen LogP contribution < -0.4 is 0 Å². The van der Waals surface area contributed by atoms with Crippen LogP contribution >= 0.6 is 31.9 Å². The number of benzene rings is 2. The predicted molar refractivity (Wildman–Crippen MR) is 101 cm³/mol. The normalized spacial score (nSPS) is 13.7. The van der Waals surface area contributed by atoms with Gasteiger partial charge in [-0.1, -0.05) is 75.4 Å². The molecule has 0 aliphatic carbocycles. The number of rotatable bonds is 8. The number of hydrogen-bond donors (Lipinski definition) is 2. The van der Waals surface area contributed by atoms with Crippen molar-refractivity contribution in [3.8, 4) is 0 Å². The van der Waals surface area contributed by atoms with Crippen LogP contribution in [0.25, 0.3) is 0 Å². The van der Waals surface area contributed by atoms with E-state index in [4.69, 9.17) is 0 Å². The van der Waals surface area contributed by atoms with Crippen LogP contribution in [-0.2, 0) is 0 Å². The Balaban J connectivity index is 1.65. The van der Waals surface area contributed by atoms with E-state index < -0.39 is 12.2 Å². The minimum absolute atomic E-state index is 0.403. The van der Waals surface area contributed by atoms with Gasteiger partial charge in [0.25, 0.3) is 0 Å². The molecule has 0 fully saturated rings. The summed E-state index contributed by atoms with van der Waals surface area (Å²) >= 11 is 6.79. The number of halogens is 2.